The third-order valence-corrected chi connectivity index (χ3v) is 6.66. The lowest BCUT2D eigenvalue weighted by atomic mass is 9.68. The largest absolute Gasteiger partial charge is 0.494 e. The Bertz CT molecular complexity index is 1180. The lowest BCUT2D eigenvalue weighted by Crippen LogP contribution is -2.41. The predicted molar refractivity (Wildman–Crippen MR) is 132 cm³/mol. The summed E-state index contributed by atoms with van der Waals surface area (Å²) in [5.74, 6) is 0.513. The number of nitrogens with one attached hydrogen (secondary N) is 1. The molecule has 2 aromatic rings. The summed E-state index contributed by atoms with van der Waals surface area (Å²) in [6, 6.07) is 13.3. The summed E-state index contributed by atoms with van der Waals surface area (Å²) in [5.41, 5.74) is 3.77. The minimum Gasteiger partial charge on any atom is -0.494 e. The van der Waals surface area contributed by atoms with Crippen molar-refractivity contribution in [2.45, 2.75) is 32.1 Å². The van der Waals surface area contributed by atoms with Gasteiger partial charge in [0.15, 0.2) is 11.5 Å². The molecular formula is C28H31NO6. The summed E-state index contributed by atoms with van der Waals surface area (Å²) in [5, 5.41) is 3.33. The second-order valence-electron chi connectivity index (χ2n) is 8.63. The molecule has 2 aromatic carbocycles. The Hall–Kier alpha value is -3.74. The quantitative estimate of drug-likeness (QED) is 0.588. The summed E-state index contributed by atoms with van der Waals surface area (Å²) in [6.07, 6.45) is 2.40. The first-order chi connectivity index (χ1) is 16.9. The maximum absolute atomic E-state index is 13.7. The van der Waals surface area contributed by atoms with Crippen molar-refractivity contribution in [2.75, 3.05) is 27.9 Å². The smallest absolute Gasteiger partial charge is 0.336 e. The molecule has 1 aliphatic heterocycles. The number of methoxy groups -OCH3 is 3. The molecule has 1 heterocycles. The molecule has 4 rings (SSSR count). The molecule has 0 spiro atoms. The van der Waals surface area contributed by atoms with Gasteiger partial charge in [0.05, 0.1) is 39.4 Å². The van der Waals surface area contributed by atoms with Gasteiger partial charge >= 0.3 is 5.97 Å². The molecule has 0 saturated heterocycles. The number of carbonyl (C=O) groups excluding carboxylic acids is 2. The normalized spacial score (nSPS) is 21.5. The monoisotopic (exact) mass is 477 g/mol. The number of hydrogen-bond donors (Lipinski definition) is 1. The van der Waals surface area contributed by atoms with Crippen molar-refractivity contribution in [3.8, 4) is 17.2 Å². The number of carbonyl (C=O) groups is 2. The van der Waals surface area contributed by atoms with Gasteiger partial charge in [-0.1, -0.05) is 24.3 Å². The molecule has 0 fully saturated rings. The first-order valence-electron chi connectivity index (χ1n) is 11.7. The number of ketones is 1. The van der Waals surface area contributed by atoms with Crippen molar-refractivity contribution < 1.29 is 28.5 Å². The molecule has 2 aliphatic rings. The van der Waals surface area contributed by atoms with Crippen LogP contribution in [0.3, 0.4) is 0 Å². The number of allylic oxidation sites excluding steroid dienone is 3. The van der Waals surface area contributed by atoms with E-state index < -0.39 is 17.8 Å². The van der Waals surface area contributed by atoms with Crippen LogP contribution in [0.25, 0.3) is 0 Å². The van der Waals surface area contributed by atoms with Crippen molar-refractivity contribution in [1.29, 1.82) is 0 Å². The van der Waals surface area contributed by atoms with Crippen LogP contribution in [-0.4, -0.2) is 39.7 Å². The summed E-state index contributed by atoms with van der Waals surface area (Å²) in [6.45, 7) is 4.33. The molecule has 3 unspecified atom stereocenters. The number of fused-ring (bicyclic) bond motifs is 1. The number of ether oxygens (including phenoxy) is 4. The van der Waals surface area contributed by atoms with E-state index in [1.165, 1.54) is 7.11 Å². The van der Waals surface area contributed by atoms with E-state index in [1.807, 2.05) is 56.3 Å². The highest BCUT2D eigenvalue weighted by Crippen LogP contribution is 2.47. The van der Waals surface area contributed by atoms with E-state index in [2.05, 4.69) is 11.4 Å². The van der Waals surface area contributed by atoms with E-state index in [0.717, 1.165) is 22.6 Å². The van der Waals surface area contributed by atoms with Crippen molar-refractivity contribution >= 4 is 11.8 Å². The lowest BCUT2D eigenvalue weighted by Gasteiger charge is -2.39. The van der Waals surface area contributed by atoms with Crippen LogP contribution in [0.5, 0.6) is 17.2 Å². The Kier molecular flexibility index (Phi) is 7.15. The van der Waals surface area contributed by atoms with Gasteiger partial charge in [-0.2, -0.15) is 0 Å². The van der Waals surface area contributed by atoms with Crippen LogP contribution < -0.4 is 19.5 Å². The first-order valence-corrected chi connectivity index (χ1v) is 11.7. The van der Waals surface area contributed by atoms with E-state index in [0.29, 0.717) is 35.8 Å². The third kappa shape index (κ3) is 4.63. The first kappa shape index (κ1) is 24.4. The SMILES string of the molecule is CCOc1ccc(C2C(C(=O)OC)=C(C)NC3=CC(c4ccc(OC)c(OC)c4)CC(=O)C32)cc1. The van der Waals surface area contributed by atoms with E-state index >= 15 is 0 Å². The van der Waals surface area contributed by atoms with Gasteiger partial charge in [-0.3, -0.25) is 4.79 Å². The van der Waals surface area contributed by atoms with Gasteiger partial charge in [-0.15, -0.1) is 0 Å². The minimum absolute atomic E-state index is 0.0579. The number of benzene rings is 2. The second kappa shape index (κ2) is 10.3. The van der Waals surface area contributed by atoms with Crippen LogP contribution >= 0.6 is 0 Å². The highest BCUT2D eigenvalue weighted by molar-refractivity contribution is 5.96. The van der Waals surface area contributed by atoms with Crippen LogP contribution in [0.1, 0.15) is 43.2 Å². The fourth-order valence-corrected chi connectivity index (χ4v) is 5.05. The lowest BCUT2D eigenvalue weighted by molar-refractivity contribution is -0.136. The van der Waals surface area contributed by atoms with Gasteiger partial charge in [-0.25, -0.2) is 4.79 Å². The van der Waals surface area contributed by atoms with Crippen LogP contribution in [0.4, 0.5) is 0 Å². The fraction of sp³-hybridized carbons (Fsp3) is 0.357. The Labute approximate surface area is 205 Å². The number of esters is 1. The van der Waals surface area contributed by atoms with Gasteiger partial charge in [0.2, 0.25) is 0 Å². The van der Waals surface area contributed by atoms with Crippen LogP contribution in [0, 0.1) is 5.92 Å². The zero-order valence-electron chi connectivity index (χ0n) is 20.7. The molecular weight excluding hydrogens is 446 g/mol. The van der Waals surface area contributed by atoms with Crippen molar-refractivity contribution in [1.82, 2.24) is 5.32 Å². The standard InChI is InChI=1S/C28H31NO6/c1-6-35-20-10-7-17(8-11-20)26-25(28(31)34-5)16(2)29-21-13-19(14-22(30)27(21)26)18-9-12-23(32-3)24(15-18)33-4/h7-13,15,19,26-27,29H,6,14H2,1-5H3. The average molecular weight is 478 g/mol. The predicted octanol–water partition coefficient (Wildman–Crippen LogP) is 4.49. The Balaban J connectivity index is 1.78. The van der Waals surface area contributed by atoms with Crippen molar-refractivity contribution in [3.63, 3.8) is 0 Å². The van der Waals surface area contributed by atoms with Crippen LogP contribution in [-0.2, 0) is 14.3 Å². The molecule has 0 saturated carbocycles. The summed E-state index contributed by atoms with van der Waals surface area (Å²) in [4.78, 5) is 26.5. The molecule has 3 atom stereocenters. The molecule has 7 nitrogen and oxygen atoms in total. The molecule has 35 heavy (non-hydrogen) atoms. The topological polar surface area (TPSA) is 83.1 Å². The summed E-state index contributed by atoms with van der Waals surface area (Å²) >= 11 is 0. The maximum atomic E-state index is 13.7. The Morgan fingerprint density at radius 3 is 2.29 bits per heavy atom. The van der Waals surface area contributed by atoms with Gasteiger partial charge in [0.25, 0.3) is 0 Å². The minimum atomic E-state index is -0.512. The summed E-state index contributed by atoms with van der Waals surface area (Å²) in [7, 11) is 4.54. The molecule has 1 aliphatic carbocycles. The highest BCUT2D eigenvalue weighted by atomic mass is 16.5. The van der Waals surface area contributed by atoms with Crippen molar-refractivity contribution in [3.05, 3.63) is 76.6 Å². The van der Waals surface area contributed by atoms with Gasteiger partial charge in [0, 0.05) is 29.7 Å². The van der Waals surface area contributed by atoms with Gasteiger partial charge in [-0.05, 0) is 49.2 Å². The molecule has 1 N–H and O–H groups in total. The number of Topliss-reactive ketones (excluding diaryl/α,β-unsaturated/α-hetero) is 1. The van der Waals surface area contributed by atoms with E-state index in [1.54, 1.807) is 14.2 Å². The third-order valence-electron chi connectivity index (χ3n) is 6.66. The zero-order chi connectivity index (χ0) is 25.1. The molecule has 0 amide bonds. The number of hydrogen-bond acceptors (Lipinski definition) is 7. The van der Waals surface area contributed by atoms with Crippen LogP contribution in [0.2, 0.25) is 0 Å². The zero-order valence-corrected chi connectivity index (χ0v) is 20.7. The van der Waals surface area contributed by atoms with Gasteiger partial charge < -0.3 is 24.3 Å². The van der Waals surface area contributed by atoms with Crippen LogP contribution in [0.15, 0.2) is 65.5 Å². The van der Waals surface area contributed by atoms with E-state index in [-0.39, 0.29) is 11.7 Å². The Morgan fingerprint density at radius 2 is 1.66 bits per heavy atom. The van der Waals surface area contributed by atoms with Crippen molar-refractivity contribution in [2.24, 2.45) is 5.92 Å². The fourth-order valence-electron chi connectivity index (χ4n) is 5.05. The van der Waals surface area contributed by atoms with Gasteiger partial charge in [0.1, 0.15) is 11.5 Å². The molecule has 7 heteroatoms. The van der Waals surface area contributed by atoms with E-state index in [4.69, 9.17) is 18.9 Å². The molecule has 184 valence electrons. The molecule has 0 radical (unpaired) electrons. The van der Waals surface area contributed by atoms with E-state index in [9.17, 15) is 9.59 Å². The number of rotatable bonds is 7. The summed E-state index contributed by atoms with van der Waals surface area (Å²) < 4.78 is 21.5. The second-order valence-corrected chi connectivity index (χ2v) is 8.63. The molecule has 0 aromatic heterocycles. The maximum Gasteiger partial charge on any atom is 0.336 e. The molecule has 0 bridgehead atoms. The highest BCUT2D eigenvalue weighted by Gasteiger charge is 2.45. The Morgan fingerprint density at radius 1 is 0.971 bits per heavy atom. The average Bonchev–Trinajstić information content (AvgIpc) is 2.87.